The average molecular weight is 488 g/mol. The minimum Gasteiger partial charge on any atom is -0.491 e. The molecule has 0 aliphatic carbocycles. The molecule has 1 fully saturated rings. The third-order valence-electron chi connectivity index (χ3n) is 6.59. The molecule has 2 heterocycles. The van der Waals surface area contributed by atoms with E-state index in [4.69, 9.17) is 4.74 Å². The average Bonchev–Trinajstić information content (AvgIpc) is 2.88. The number of carbonyl (C=O) groups is 4. The zero-order chi connectivity index (χ0) is 25.2. The summed E-state index contributed by atoms with van der Waals surface area (Å²) >= 11 is 0. The number of para-hydroxylation sites is 1. The van der Waals surface area contributed by atoms with Crippen molar-refractivity contribution in [2.24, 2.45) is 0 Å². The van der Waals surface area contributed by atoms with Gasteiger partial charge in [-0.2, -0.15) is 0 Å². The number of hydrogen-bond donors (Lipinski definition) is 3. The predicted octanol–water partition coefficient (Wildman–Crippen LogP) is 0.523. The molecule has 192 valence electrons. The van der Waals surface area contributed by atoms with Crippen LogP contribution in [0, 0.1) is 0 Å². The van der Waals surface area contributed by atoms with Crippen molar-refractivity contribution in [2.45, 2.75) is 51.1 Å². The van der Waals surface area contributed by atoms with Gasteiger partial charge in [-0.1, -0.05) is 18.6 Å². The van der Waals surface area contributed by atoms with Gasteiger partial charge in [0.2, 0.25) is 17.7 Å². The fourth-order valence-electron chi connectivity index (χ4n) is 4.25. The highest BCUT2D eigenvalue weighted by Crippen LogP contribution is 2.18. The third-order valence-corrected chi connectivity index (χ3v) is 6.59. The van der Waals surface area contributed by atoms with Gasteiger partial charge in [0.15, 0.2) is 0 Å². The van der Waals surface area contributed by atoms with Crippen molar-refractivity contribution in [3.8, 4) is 5.75 Å². The predicted molar refractivity (Wildman–Crippen MR) is 131 cm³/mol. The summed E-state index contributed by atoms with van der Waals surface area (Å²) in [6.07, 6.45) is 3.70. The SMILES string of the molecule is C[C@H]1C(=O)NCCOc2ccccc2C(=O)N[C@H](C(=O)NCCN2CCCCC2)CCC(=O)N1C. The van der Waals surface area contributed by atoms with Gasteiger partial charge < -0.3 is 30.5 Å². The Balaban J connectivity index is 1.73. The minimum atomic E-state index is -0.900. The molecule has 1 aromatic carbocycles. The Morgan fingerprint density at radius 2 is 1.89 bits per heavy atom. The molecular weight excluding hydrogens is 450 g/mol. The first-order valence-corrected chi connectivity index (χ1v) is 12.4. The first-order valence-electron chi connectivity index (χ1n) is 12.4. The molecule has 0 saturated carbocycles. The lowest BCUT2D eigenvalue weighted by Gasteiger charge is -2.27. The fraction of sp³-hybridized carbons (Fsp3) is 0.600. The Kier molecular flexibility index (Phi) is 9.89. The molecule has 3 rings (SSSR count). The van der Waals surface area contributed by atoms with Crippen molar-refractivity contribution in [3.63, 3.8) is 0 Å². The lowest BCUT2D eigenvalue weighted by Crippen LogP contribution is -2.49. The molecule has 10 nitrogen and oxygen atoms in total. The minimum absolute atomic E-state index is 0.0107. The molecule has 1 saturated heterocycles. The van der Waals surface area contributed by atoms with Crippen molar-refractivity contribution < 1.29 is 23.9 Å². The molecular formula is C25H37N5O5. The van der Waals surface area contributed by atoms with Gasteiger partial charge in [0.05, 0.1) is 12.1 Å². The number of hydrogen-bond acceptors (Lipinski definition) is 6. The summed E-state index contributed by atoms with van der Waals surface area (Å²) in [7, 11) is 1.56. The van der Waals surface area contributed by atoms with Crippen molar-refractivity contribution in [2.75, 3.05) is 46.4 Å². The summed E-state index contributed by atoms with van der Waals surface area (Å²) in [6, 6.07) is 5.18. The number of fused-ring (bicyclic) bond motifs is 1. The van der Waals surface area contributed by atoms with E-state index >= 15 is 0 Å². The number of amides is 4. The van der Waals surface area contributed by atoms with Crippen LogP contribution in [0.15, 0.2) is 24.3 Å². The first kappa shape index (κ1) is 26.5. The van der Waals surface area contributed by atoms with Crippen molar-refractivity contribution in [1.82, 2.24) is 25.8 Å². The Bertz CT molecular complexity index is 902. The summed E-state index contributed by atoms with van der Waals surface area (Å²) in [5, 5.41) is 8.45. The van der Waals surface area contributed by atoms with Gasteiger partial charge in [0.25, 0.3) is 5.91 Å². The smallest absolute Gasteiger partial charge is 0.255 e. The van der Waals surface area contributed by atoms with Crippen LogP contribution < -0.4 is 20.7 Å². The largest absolute Gasteiger partial charge is 0.491 e. The molecule has 3 N–H and O–H groups in total. The molecule has 10 heteroatoms. The number of nitrogens with one attached hydrogen (secondary N) is 3. The second-order valence-electron chi connectivity index (χ2n) is 9.07. The van der Waals surface area contributed by atoms with E-state index in [1.165, 1.54) is 24.2 Å². The number of likely N-dealkylation sites (N-methyl/N-ethyl adjacent to an activating group) is 1. The second-order valence-corrected chi connectivity index (χ2v) is 9.07. The maximum Gasteiger partial charge on any atom is 0.255 e. The van der Waals surface area contributed by atoms with Crippen molar-refractivity contribution in [1.29, 1.82) is 0 Å². The van der Waals surface area contributed by atoms with Crippen molar-refractivity contribution >= 4 is 23.6 Å². The van der Waals surface area contributed by atoms with E-state index in [0.717, 1.165) is 19.6 Å². The number of piperidine rings is 1. The van der Waals surface area contributed by atoms with Gasteiger partial charge in [0, 0.05) is 26.6 Å². The van der Waals surface area contributed by atoms with Crippen LogP contribution in [0.3, 0.4) is 0 Å². The van der Waals surface area contributed by atoms with Crippen LogP contribution in [-0.2, 0) is 14.4 Å². The van der Waals surface area contributed by atoms with E-state index < -0.39 is 18.0 Å². The Labute approximate surface area is 206 Å². The highest BCUT2D eigenvalue weighted by molar-refractivity contribution is 5.99. The van der Waals surface area contributed by atoms with Crippen LogP contribution in [0.2, 0.25) is 0 Å². The van der Waals surface area contributed by atoms with Crippen LogP contribution in [0.4, 0.5) is 0 Å². The molecule has 2 atom stereocenters. The zero-order valence-corrected chi connectivity index (χ0v) is 20.7. The number of rotatable bonds is 4. The van der Waals surface area contributed by atoms with Gasteiger partial charge in [-0.05, 0) is 51.4 Å². The van der Waals surface area contributed by atoms with Gasteiger partial charge in [-0.3, -0.25) is 19.2 Å². The summed E-state index contributed by atoms with van der Waals surface area (Å²) < 4.78 is 5.73. The van der Waals surface area contributed by atoms with E-state index in [1.54, 1.807) is 38.2 Å². The van der Waals surface area contributed by atoms with Gasteiger partial charge in [-0.15, -0.1) is 0 Å². The quantitative estimate of drug-likeness (QED) is 0.570. The lowest BCUT2D eigenvalue weighted by atomic mass is 10.1. The molecule has 0 unspecified atom stereocenters. The highest BCUT2D eigenvalue weighted by Gasteiger charge is 2.27. The monoisotopic (exact) mass is 487 g/mol. The Hall–Kier alpha value is -3.14. The summed E-state index contributed by atoms with van der Waals surface area (Å²) in [5.74, 6) is -1.00. The maximum atomic E-state index is 13.1. The van der Waals surface area contributed by atoms with Crippen molar-refractivity contribution in [3.05, 3.63) is 29.8 Å². The number of benzene rings is 1. The Morgan fingerprint density at radius 3 is 2.66 bits per heavy atom. The highest BCUT2D eigenvalue weighted by atomic mass is 16.5. The summed E-state index contributed by atoms with van der Waals surface area (Å²) in [4.78, 5) is 55.0. The summed E-state index contributed by atoms with van der Waals surface area (Å²) in [5.41, 5.74) is 0.289. The van der Waals surface area contributed by atoms with Crippen LogP contribution in [0.25, 0.3) is 0 Å². The second kappa shape index (κ2) is 13.1. The maximum absolute atomic E-state index is 13.1. The van der Waals surface area contributed by atoms with Crippen LogP contribution >= 0.6 is 0 Å². The number of likely N-dealkylation sites (tertiary alicyclic amines) is 1. The molecule has 35 heavy (non-hydrogen) atoms. The summed E-state index contributed by atoms with van der Waals surface area (Å²) in [6.45, 7) is 5.30. The number of nitrogens with zero attached hydrogens (tertiary/aromatic N) is 2. The molecule has 2 aliphatic rings. The topological polar surface area (TPSA) is 120 Å². The zero-order valence-electron chi connectivity index (χ0n) is 20.7. The van der Waals surface area contributed by atoms with E-state index in [0.29, 0.717) is 12.3 Å². The van der Waals surface area contributed by atoms with Gasteiger partial charge in [0.1, 0.15) is 24.4 Å². The van der Waals surface area contributed by atoms with Crippen LogP contribution in [0.1, 0.15) is 49.4 Å². The van der Waals surface area contributed by atoms with E-state index in [-0.39, 0.29) is 49.3 Å². The number of ether oxygens (including phenoxy) is 1. The number of carbonyl (C=O) groups excluding carboxylic acids is 4. The fourth-order valence-corrected chi connectivity index (χ4v) is 4.25. The van der Waals surface area contributed by atoms with Crippen LogP contribution in [0.5, 0.6) is 5.75 Å². The Morgan fingerprint density at radius 1 is 1.14 bits per heavy atom. The molecule has 0 bridgehead atoms. The molecule has 2 aliphatic heterocycles. The standard InChI is InChI=1S/C25H37N5O5/c1-18-23(32)27-13-17-35-21-9-5-4-8-19(21)24(33)28-20(10-11-22(31)29(18)2)25(34)26-12-16-30-14-6-3-7-15-30/h4-5,8-9,18,20H,3,6-7,10-17H2,1-2H3,(H,26,34)(H,27,32)(H,28,33)/t18-,20-/m0/s1. The molecule has 0 radical (unpaired) electrons. The van der Waals surface area contributed by atoms with E-state index in [1.807, 2.05) is 0 Å². The first-order chi connectivity index (χ1) is 16.9. The molecule has 1 aromatic rings. The normalized spacial score (nSPS) is 23.1. The van der Waals surface area contributed by atoms with Gasteiger partial charge >= 0.3 is 0 Å². The van der Waals surface area contributed by atoms with E-state index in [9.17, 15) is 19.2 Å². The van der Waals surface area contributed by atoms with E-state index in [2.05, 4.69) is 20.9 Å². The molecule has 4 amide bonds. The molecule has 0 spiro atoms. The van der Waals surface area contributed by atoms with Gasteiger partial charge in [-0.25, -0.2) is 0 Å². The van der Waals surface area contributed by atoms with Crippen LogP contribution in [-0.4, -0.2) is 91.9 Å². The third kappa shape index (κ3) is 7.68. The lowest BCUT2D eigenvalue weighted by molar-refractivity contribution is -0.138. The molecule has 0 aromatic heterocycles.